The Kier molecular flexibility index (Phi) is 2.22. The van der Waals surface area contributed by atoms with Crippen LogP contribution >= 0.6 is 11.6 Å². The van der Waals surface area contributed by atoms with Gasteiger partial charge >= 0.3 is 0 Å². The fourth-order valence-corrected chi connectivity index (χ4v) is 1.54. The zero-order chi connectivity index (χ0) is 16.0. The van der Waals surface area contributed by atoms with Crippen LogP contribution < -0.4 is 0 Å². The number of rotatable bonds is 1. The standard InChI is InChI=1S/C12H11ClFNO2/c13-10-7-8(1-2-11(10)14)12(17)15-5-3-9(16)4-6-15/h1-2,7H,3-6H2/i5D2,6D2. The van der Waals surface area contributed by atoms with Gasteiger partial charge in [0.1, 0.15) is 11.6 Å². The molecule has 0 saturated carbocycles. The number of ketones is 1. The number of amides is 1. The maximum atomic E-state index is 13.1. The minimum absolute atomic E-state index is 0.150. The van der Waals surface area contributed by atoms with E-state index in [1.807, 2.05) is 0 Å². The van der Waals surface area contributed by atoms with E-state index >= 15 is 0 Å². The maximum Gasteiger partial charge on any atom is 0.253 e. The lowest BCUT2D eigenvalue weighted by Crippen LogP contribution is -2.38. The van der Waals surface area contributed by atoms with E-state index in [1.165, 1.54) is 0 Å². The zero-order valence-corrected chi connectivity index (χ0v) is 9.42. The third-order valence-corrected chi connectivity index (χ3v) is 2.53. The first-order chi connectivity index (χ1) is 9.54. The molecule has 0 unspecified atom stereocenters. The first-order valence-corrected chi connectivity index (χ1v) is 5.24. The number of Topliss-reactive ketones (excluding diaryl/α,β-unsaturated/α-hetero) is 1. The van der Waals surface area contributed by atoms with Crippen LogP contribution in [0, 0.1) is 5.82 Å². The molecule has 1 amide bonds. The molecule has 0 aromatic heterocycles. The molecular formula is C12H11ClFNO2. The van der Waals surface area contributed by atoms with Gasteiger partial charge < -0.3 is 4.90 Å². The van der Waals surface area contributed by atoms with Crippen molar-refractivity contribution in [2.45, 2.75) is 12.8 Å². The van der Waals surface area contributed by atoms with Crippen LogP contribution in [-0.4, -0.2) is 29.6 Å². The Balaban J connectivity index is 2.44. The van der Waals surface area contributed by atoms with Gasteiger partial charge in [-0.05, 0) is 18.2 Å². The normalized spacial score (nSPS) is 25.5. The molecule has 0 aliphatic carbocycles. The number of nitrogens with zero attached hydrogens (tertiary/aromatic N) is 1. The molecule has 3 nitrogen and oxygen atoms in total. The van der Waals surface area contributed by atoms with Crippen molar-refractivity contribution in [3.8, 4) is 0 Å². The molecule has 1 aliphatic rings. The highest BCUT2D eigenvalue weighted by Gasteiger charge is 2.22. The summed E-state index contributed by atoms with van der Waals surface area (Å²) in [6.45, 7) is -4.92. The van der Waals surface area contributed by atoms with Gasteiger partial charge in [-0.2, -0.15) is 0 Å². The quantitative estimate of drug-likeness (QED) is 0.776. The van der Waals surface area contributed by atoms with Gasteiger partial charge in [-0.3, -0.25) is 9.59 Å². The summed E-state index contributed by atoms with van der Waals surface area (Å²) in [7, 11) is 0. The molecule has 0 N–H and O–H groups in total. The Morgan fingerprint density at radius 3 is 2.65 bits per heavy atom. The smallest absolute Gasteiger partial charge is 0.253 e. The Bertz CT molecular complexity index is 603. The van der Waals surface area contributed by atoms with Crippen LogP contribution in [0.3, 0.4) is 0 Å². The van der Waals surface area contributed by atoms with Crippen molar-refractivity contribution in [1.29, 1.82) is 0 Å². The summed E-state index contributed by atoms with van der Waals surface area (Å²) >= 11 is 5.57. The summed E-state index contributed by atoms with van der Waals surface area (Å²) in [5.74, 6) is -2.33. The number of hydrogen-bond acceptors (Lipinski definition) is 2. The molecule has 90 valence electrons. The topological polar surface area (TPSA) is 37.4 Å². The van der Waals surface area contributed by atoms with Crippen LogP contribution in [0.5, 0.6) is 0 Å². The van der Waals surface area contributed by atoms with Gasteiger partial charge in [0.05, 0.1) is 5.02 Å². The zero-order valence-electron chi connectivity index (χ0n) is 12.7. The SMILES string of the molecule is [2H]C1([2H])CC(=O)CC([2H])([2H])N1C(=O)c1ccc(F)c(Cl)c1. The predicted octanol–water partition coefficient (Wildman–Crippen LogP) is 2.28. The third kappa shape index (κ3) is 2.64. The number of carbonyl (C=O) groups excluding carboxylic acids is 2. The second kappa shape index (κ2) is 4.84. The molecule has 1 fully saturated rings. The number of benzene rings is 1. The summed E-state index contributed by atoms with van der Waals surface area (Å²) in [6.07, 6.45) is -1.18. The van der Waals surface area contributed by atoms with Crippen LogP contribution in [0.2, 0.25) is 5.02 Å². The summed E-state index contributed by atoms with van der Waals surface area (Å²) in [4.78, 5) is 24.1. The average Bonchev–Trinajstić information content (AvgIpc) is 2.28. The lowest BCUT2D eigenvalue weighted by atomic mass is 10.1. The van der Waals surface area contributed by atoms with Crippen molar-refractivity contribution in [2.24, 2.45) is 0 Å². The van der Waals surface area contributed by atoms with Gasteiger partial charge in [-0.15, -0.1) is 0 Å². The van der Waals surface area contributed by atoms with Crippen LogP contribution in [-0.2, 0) is 4.79 Å². The van der Waals surface area contributed by atoms with E-state index in [4.69, 9.17) is 17.1 Å². The molecule has 1 aromatic rings. The van der Waals surface area contributed by atoms with Crippen molar-refractivity contribution in [3.05, 3.63) is 34.6 Å². The van der Waals surface area contributed by atoms with Crippen LogP contribution in [0.15, 0.2) is 18.2 Å². The van der Waals surface area contributed by atoms with Crippen molar-refractivity contribution in [3.63, 3.8) is 0 Å². The summed E-state index contributed by atoms with van der Waals surface area (Å²) in [5.41, 5.74) is -0.150. The van der Waals surface area contributed by atoms with E-state index in [9.17, 15) is 14.0 Å². The fourth-order valence-electron chi connectivity index (χ4n) is 1.35. The highest BCUT2D eigenvalue weighted by atomic mass is 35.5. The van der Waals surface area contributed by atoms with Gasteiger partial charge in [0.15, 0.2) is 0 Å². The van der Waals surface area contributed by atoms with Crippen LogP contribution in [0.25, 0.3) is 0 Å². The number of halogens is 2. The first kappa shape index (κ1) is 7.82. The summed E-state index contributed by atoms with van der Waals surface area (Å²) in [5, 5.41) is -0.324. The summed E-state index contributed by atoms with van der Waals surface area (Å²) in [6, 6.07) is 3.03. The Hall–Kier alpha value is -1.42. The molecule has 0 radical (unpaired) electrons. The number of likely N-dealkylation sites (tertiary alicyclic amines) is 1. The van der Waals surface area contributed by atoms with Gasteiger partial charge in [0.2, 0.25) is 0 Å². The van der Waals surface area contributed by atoms with Gasteiger partial charge in [-0.25, -0.2) is 4.39 Å². The van der Waals surface area contributed by atoms with Gasteiger partial charge in [-0.1, -0.05) is 11.6 Å². The van der Waals surface area contributed by atoms with Gasteiger partial charge in [0, 0.05) is 36.9 Å². The van der Waals surface area contributed by atoms with Crippen molar-refractivity contribution < 1.29 is 19.5 Å². The van der Waals surface area contributed by atoms with E-state index < -0.39 is 43.3 Å². The van der Waals surface area contributed by atoms with Crippen molar-refractivity contribution in [1.82, 2.24) is 4.90 Å². The molecule has 0 spiro atoms. The van der Waals surface area contributed by atoms with E-state index in [0.717, 1.165) is 18.2 Å². The van der Waals surface area contributed by atoms with E-state index in [-0.39, 0.29) is 10.6 Å². The largest absolute Gasteiger partial charge is 0.338 e. The molecule has 1 aliphatic heterocycles. The average molecular weight is 260 g/mol. The maximum absolute atomic E-state index is 13.1. The van der Waals surface area contributed by atoms with Gasteiger partial charge in [0.25, 0.3) is 5.91 Å². The number of piperidine rings is 1. The van der Waals surface area contributed by atoms with E-state index in [2.05, 4.69) is 0 Å². The minimum Gasteiger partial charge on any atom is -0.338 e. The molecule has 5 heteroatoms. The molecule has 1 aromatic carbocycles. The minimum atomic E-state index is -2.46. The first-order valence-electron chi connectivity index (χ1n) is 6.86. The second-order valence-electron chi connectivity index (χ2n) is 3.48. The molecule has 17 heavy (non-hydrogen) atoms. The van der Waals surface area contributed by atoms with E-state index in [1.54, 1.807) is 0 Å². The molecule has 2 rings (SSSR count). The molecule has 1 saturated heterocycles. The number of hydrogen-bond donors (Lipinski definition) is 0. The monoisotopic (exact) mass is 259 g/mol. The lowest BCUT2D eigenvalue weighted by molar-refractivity contribution is -0.120. The van der Waals surface area contributed by atoms with Crippen LogP contribution in [0.4, 0.5) is 4.39 Å². The number of carbonyl (C=O) groups is 2. The van der Waals surface area contributed by atoms with Crippen molar-refractivity contribution in [2.75, 3.05) is 13.0 Å². The second-order valence-corrected chi connectivity index (χ2v) is 3.89. The highest BCUT2D eigenvalue weighted by molar-refractivity contribution is 6.31. The molecule has 0 bridgehead atoms. The highest BCUT2D eigenvalue weighted by Crippen LogP contribution is 2.18. The summed E-state index contributed by atoms with van der Waals surface area (Å²) < 4.78 is 44.1. The molecule has 0 atom stereocenters. The Morgan fingerprint density at radius 2 is 2.06 bits per heavy atom. The fraction of sp³-hybridized carbons (Fsp3) is 0.333. The molecular weight excluding hydrogens is 245 g/mol. The van der Waals surface area contributed by atoms with E-state index in [0.29, 0.717) is 4.90 Å². The Labute approximate surface area is 109 Å². The predicted molar refractivity (Wildman–Crippen MR) is 61.6 cm³/mol. The molecule has 1 heterocycles. The van der Waals surface area contributed by atoms with Crippen LogP contribution in [0.1, 0.15) is 28.7 Å². The lowest BCUT2D eigenvalue weighted by Gasteiger charge is -2.26. The van der Waals surface area contributed by atoms with Crippen molar-refractivity contribution >= 4 is 23.3 Å². The third-order valence-electron chi connectivity index (χ3n) is 2.24. The Morgan fingerprint density at radius 1 is 1.41 bits per heavy atom.